The van der Waals surface area contributed by atoms with Gasteiger partial charge >= 0.3 is 12.2 Å². The lowest BCUT2D eigenvalue weighted by Crippen LogP contribution is -2.40. The quantitative estimate of drug-likeness (QED) is 0.612. The highest BCUT2D eigenvalue weighted by Crippen LogP contribution is 2.31. The molecule has 0 saturated carbocycles. The largest absolute Gasteiger partial charge is 0.433 e. The molecule has 0 bridgehead atoms. The first-order chi connectivity index (χ1) is 14.5. The van der Waals surface area contributed by atoms with Gasteiger partial charge in [0.1, 0.15) is 5.69 Å². The van der Waals surface area contributed by atoms with Crippen molar-refractivity contribution < 1.29 is 22.8 Å². The molecule has 2 aromatic rings. The summed E-state index contributed by atoms with van der Waals surface area (Å²) in [5, 5.41) is 0.466. The van der Waals surface area contributed by atoms with Crippen LogP contribution < -0.4 is 4.90 Å². The van der Waals surface area contributed by atoms with Gasteiger partial charge in [-0.05, 0) is 36.6 Å². The van der Waals surface area contributed by atoms with E-state index in [4.69, 9.17) is 11.6 Å². The third-order valence-electron chi connectivity index (χ3n) is 4.91. The Bertz CT molecular complexity index is 950. The molecule has 0 radical (unpaired) electrons. The molecule has 1 fully saturated rings. The fourth-order valence-electron chi connectivity index (χ4n) is 3.56. The highest BCUT2D eigenvalue weighted by Gasteiger charge is 2.40. The fourth-order valence-corrected chi connectivity index (χ4v) is 3.75. The van der Waals surface area contributed by atoms with Crippen LogP contribution >= 0.6 is 11.6 Å². The van der Waals surface area contributed by atoms with Gasteiger partial charge in [0.2, 0.25) is 0 Å². The molecule has 1 aliphatic rings. The zero-order valence-electron chi connectivity index (χ0n) is 17.1. The average Bonchev–Trinajstić information content (AvgIpc) is 2.96. The Morgan fingerprint density at radius 2 is 2.00 bits per heavy atom. The summed E-state index contributed by atoms with van der Waals surface area (Å²) in [5.41, 5.74) is -0.255. The molecule has 3 rings (SSSR count). The summed E-state index contributed by atoms with van der Waals surface area (Å²) in [5.74, 6) is 0.0555. The number of ketones is 1. The van der Waals surface area contributed by atoms with Gasteiger partial charge in [0.15, 0.2) is 5.78 Å². The van der Waals surface area contributed by atoms with Crippen LogP contribution in [0.5, 0.6) is 0 Å². The Morgan fingerprint density at radius 3 is 2.58 bits per heavy atom. The minimum atomic E-state index is -4.56. The SMILES string of the molecule is CC(C)C[C@H]1CN(c2ccc(C(F)(F)F)nc2)C(=O)N1CC(=O)Cc1cc(Cl)ccn1. The number of carbonyl (C=O) groups excluding carboxylic acids is 2. The molecule has 0 unspecified atom stereocenters. The number of carbonyl (C=O) groups is 2. The van der Waals surface area contributed by atoms with Gasteiger partial charge in [-0.3, -0.25) is 14.7 Å². The standard InChI is InChI=1S/C21H22ClF3N4O2/c1-13(2)7-17-11-28(16-3-4-19(27-10-16)21(23,24)25)20(31)29(17)12-18(30)9-15-8-14(22)5-6-26-15/h3-6,8,10,13,17H,7,9,11-12H2,1-2H3/t17-/m0/s1. The first kappa shape index (κ1) is 23.0. The molecule has 10 heteroatoms. The number of pyridine rings is 2. The molecule has 0 aromatic carbocycles. The number of Topliss-reactive ketones (excluding diaryl/α,β-unsaturated/α-hetero) is 1. The van der Waals surface area contributed by atoms with Gasteiger partial charge in [0.05, 0.1) is 30.9 Å². The third-order valence-corrected chi connectivity index (χ3v) is 5.14. The van der Waals surface area contributed by atoms with Crippen LogP contribution in [0.3, 0.4) is 0 Å². The predicted octanol–water partition coefficient (Wildman–Crippen LogP) is 4.62. The second-order valence-corrected chi connectivity index (χ2v) is 8.32. The lowest BCUT2D eigenvalue weighted by Gasteiger charge is -2.23. The molecule has 6 nitrogen and oxygen atoms in total. The number of nitrogens with zero attached hydrogens (tertiary/aromatic N) is 4. The van der Waals surface area contributed by atoms with E-state index in [9.17, 15) is 22.8 Å². The molecule has 0 N–H and O–H groups in total. The molecule has 3 heterocycles. The van der Waals surface area contributed by atoms with E-state index in [1.807, 2.05) is 13.8 Å². The molecule has 166 valence electrons. The van der Waals surface area contributed by atoms with E-state index in [0.717, 1.165) is 12.3 Å². The molecule has 2 amide bonds. The van der Waals surface area contributed by atoms with Crippen molar-refractivity contribution in [2.45, 2.75) is 38.9 Å². The van der Waals surface area contributed by atoms with Crippen LogP contribution in [0.4, 0.5) is 23.7 Å². The van der Waals surface area contributed by atoms with Gasteiger partial charge in [0.25, 0.3) is 0 Å². The van der Waals surface area contributed by atoms with Crippen LogP contribution in [-0.2, 0) is 17.4 Å². The van der Waals surface area contributed by atoms with Gasteiger partial charge < -0.3 is 4.90 Å². The van der Waals surface area contributed by atoms with Gasteiger partial charge in [0, 0.05) is 23.5 Å². The van der Waals surface area contributed by atoms with Crippen LogP contribution in [0.25, 0.3) is 0 Å². The molecule has 0 aliphatic carbocycles. The van der Waals surface area contributed by atoms with Crippen LogP contribution in [0.2, 0.25) is 5.02 Å². The zero-order chi connectivity index (χ0) is 22.8. The first-order valence-corrected chi connectivity index (χ1v) is 10.2. The van der Waals surface area contributed by atoms with Crippen molar-refractivity contribution in [3.63, 3.8) is 0 Å². The second-order valence-electron chi connectivity index (χ2n) is 7.88. The van der Waals surface area contributed by atoms with Crippen LogP contribution in [0.1, 0.15) is 31.7 Å². The van der Waals surface area contributed by atoms with Crippen LogP contribution in [0.15, 0.2) is 36.7 Å². The van der Waals surface area contributed by atoms with Gasteiger partial charge in [-0.1, -0.05) is 25.4 Å². The van der Waals surface area contributed by atoms with E-state index in [1.54, 1.807) is 12.1 Å². The number of anilines is 1. The van der Waals surface area contributed by atoms with Crippen LogP contribution in [-0.4, -0.2) is 45.8 Å². The Labute approximate surface area is 183 Å². The van der Waals surface area contributed by atoms with E-state index < -0.39 is 17.9 Å². The maximum atomic E-state index is 13.0. The van der Waals surface area contributed by atoms with Crippen molar-refractivity contribution >= 4 is 29.1 Å². The first-order valence-electron chi connectivity index (χ1n) is 9.78. The number of halogens is 4. The maximum absolute atomic E-state index is 13.0. The Kier molecular flexibility index (Phi) is 6.83. The highest BCUT2D eigenvalue weighted by atomic mass is 35.5. The summed E-state index contributed by atoms with van der Waals surface area (Å²) < 4.78 is 38.4. The van der Waals surface area contributed by atoms with Crippen molar-refractivity contribution in [1.29, 1.82) is 0 Å². The van der Waals surface area contributed by atoms with E-state index >= 15 is 0 Å². The Balaban J connectivity index is 1.76. The monoisotopic (exact) mass is 454 g/mol. The van der Waals surface area contributed by atoms with Crippen molar-refractivity contribution in [1.82, 2.24) is 14.9 Å². The minimum Gasteiger partial charge on any atom is -0.312 e. The number of urea groups is 1. The summed E-state index contributed by atoms with van der Waals surface area (Å²) in [6.45, 7) is 4.16. The van der Waals surface area contributed by atoms with Crippen molar-refractivity contribution in [2.75, 3.05) is 18.0 Å². The fraction of sp³-hybridized carbons (Fsp3) is 0.429. The number of aromatic nitrogens is 2. The van der Waals surface area contributed by atoms with Crippen molar-refractivity contribution in [2.24, 2.45) is 5.92 Å². The minimum absolute atomic E-state index is 0.0283. The number of rotatable bonds is 7. The topological polar surface area (TPSA) is 66.4 Å². The molecule has 1 aliphatic heterocycles. The number of hydrogen-bond acceptors (Lipinski definition) is 4. The Morgan fingerprint density at radius 1 is 1.26 bits per heavy atom. The average molecular weight is 455 g/mol. The normalized spacial score (nSPS) is 17.0. The lowest BCUT2D eigenvalue weighted by molar-refractivity contribution is -0.141. The summed E-state index contributed by atoms with van der Waals surface area (Å²) in [7, 11) is 0. The number of amides is 2. The van der Waals surface area contributed by atoms with Crippen LogP contribution in [0, 0.1) is 5.92 Å². The van der Waals surface area contributed by atoms with Crippen molar-refractivity contribution in [3.8, 4) is 0 Å². The third kappa shape index (κ3) is 5.72. The highest BCUT2D eigenvalue weighted by molar-refractivity contribution is 6.30. The van der Waals surface area contributed by atoms with E-state index in [-0.39, 0.29) is 42.9 Å². The summed E-state index contributed by atoms with van der Waals surface area (Å²) in [6, 6.07) is 4.59. The number of hydrogen-bond donors (Lipinski definition) is 0. The molecular weight excluding hydrogens is 433 g/mol. The molecule has 0 spiro atoms. The van der Waals surface area contributed by atoms with Gasteiger partial charge in [-0.2, -0.15) is 13.2 Å². The molecule has 1 saturated heterocycles. The molecule has 31 heavy (non-hydrogen) atoms. The maximum Gasteiger partial charge on any atom is 0.433 e. The van der Waals surface area contributed by atoms with Gasteiger partial charge in [-0.15, -0.1) is 0 Å². The molecular formula is C21H22ClF3N4O2. The Hall–Kier alpha value is -2.68. The van der Waals surface area contributed by atoms with Gasteiger partial charge in [-0.25, -0.2) is 9.78 Å². The zero-order valence-corrected chi connectivity index (χ0v) is 17.8. The lowest BCUT2D eigenvalue weighted by atomic mass is 10.0. The molecule has 1 atom stereocenters. The van der Waals surface area contributed by atoms with E-state index in [0.29, 0.717) is 17.1 Å². The smallest absolute Gasteiger partial charge is 0.312 e. The number of alkyl halides is 3. The van der Waals surface area contributed by atoms with Crippen molar-refractivity contribution in [3.05, 3.63) is 53.1 Å². The second kappa shape index (κ2) is 9.21. The van der Waals surface area contributed by atoms with E-state index in [2.05, 4.69) is 9.97 Å². The summed E-state index contributed by atoms with van der Waals surface area (Å²) in [4.78, 5) is 36.1. The summed E-state index contributed by atoms with van der Waals surface area (Å²) in [6.07, 6.45) is -1.33. The van der Waals surface area contributed by atoms with E-state index in [1.165, 1.54) is 22.1 Å². The summed E-state index contributed by atoms with van der Waals surface area (Å²) >= 11 is 5.93. The molecule has 2 aromatic heterocycles. The predicted molar refractivity (Wildman–Crippen MR) is 110 cm³/mol.